The second-order valence-corrected chi connectivity index (χ2v) is 8.09. The van der Waals surface area contributed by atoms with E-state index in [1.165, 1.54) is 10.6 Å². The first-order valence-corrected chi connectivity index (χ1v) is 10.2. The summed E-state index contributed by atoms with van der Waals surface area (Å²) in [6.07, 6.45) is 0.434. The molecule has 3 aromatic rings. The first-order valence-electron chi connectivity index (χ1n) is 10.2. The normalized spacial score (nSPS) is 19.6. The Morgan fingerprint density at radius 1 is 1.19 bits per heavy atom. The fourth-order valence-electron chi connectivity index (χ4n) is 4.81. The van der Waals surface area contributed by atoms with E-state index in [4.69, 9.17) is 4.74 Å². The molecular weight excluding hydrogens is 406 g/mol. The van der Waals surface area contributed by atoms with Gasteiger partial charge in [-0.25, -0.2) is 13.8 Å². The molecule has 0 spiro atoms. The topological polar surface area (TPSA) is 81.4 Å². The van der Waals surface area contributed by atoms with E-state index in [-0.39, 0.29) is 48.0 Å². The Morgan fingerprint density at radius 2 is 1.97 bits per heavy atom. The predicted octanol–water partition coefficient (Wildman–Crippen LogP) is 3.31. The van der Waals surface area contributed by atoms with Gasteiger partial charge in [0.05, 0.1) is 35.4 Å². The molecule has 1 aromatic carbocycles. The van der Waals surface area contributed by atoms with Crippen LogP contribution in [0.25, 0.3) is 22.3 Å². The number of pyridine rings is 2. The van der Waals surface area contributed by atoms with Crippen LogP contribution in [-0.4, -0.2) is 20.6 Å². The second-order valence-electron chi connectivity index (χ2n) is 8.09. The summed E-state index contributed by atoms with van der Waals surface area (Å²) in [5.74, 6) is -1.99. The molecule has 4 heterocycles. The fourth-order valence-corrected chi connectivity index (χ4v) is 4.81. The van der Waals surface area contributed by atoms with Gasteiger partial charge in [-0.05, 0) is 30.0 Å². The molecule has 0 radical (unpaired) electrons. The maximum Gasteiger partial charge on any atom is 0.309 e. The molecule has 31 heavy (non-hydrogen) atoms. The van der Waals surface area contributed by atoms with E-state index < -0.39 is 23.2 Å². The predicted molar refractivity (Wildman–Crippen MR) is 108 cm³/mol. The van der Waals surface area contributed by atoms with Gasteiger partial charge in [0, 0.05) is 23.1 Å². The molecule has 0 amide bonds. The van der Waals surface area contributed by atoms with Crippen molar-refractivity contribution >= 4 is 16.9 Å². The highest BCUT2D eigenvalue weighted by Gasteiger charge is 2.39. The largest absolute Gasteiger partial charge is 0.460 e. The van der Waals surface area contributed by atoms with Gasteiger partial charge in [0.2, 0.25) is 0 Å². The van der Waals surface area contributed by atoms with Gasteiger partial charge in [-0.2, -0.15) is 0 Å². The summed E-state index contributed by atoms with van der Waals surface area (Å²) < 4.78 is 35.2. The number of halogens is 2. The maximum absolute atomic E-state index is 14.6. The number of aryl methyl sites for hydroxylation is 1. The standard InChI is InChI=1S/C23H20F2N2O4/c1-3-12-13-9-27-18(21(13)26-17-6-11(24)5-16(25)20(12)17)7-15-14(22(27)29)10-31-19(28)8-23(15,30)4-2/h5-7,30H,3-4,8-10H2,1-2H3/t23-/m1/s1. The minimum Gasteiger partial charge on any atom is -0.460 e. The number of fused-ring (bicyclic) bond motifs is 5. The van der Waals surface area contributed by atoms with Crippen molar-refractivity contribution < 1.29 is 23.4 Å². The number of carbonyl (C=O) groups excluding carboxylic acids is 1. The molecule has 6 nitrogen and oxygen atoms in total. The Labute approximate surface area is 176 Å². The Kier molecular flexibility index (Phi) is 4.27. The molecule has 160 valence electrons. The number of aromatic nitrogens is 2. The molecule has 8 heteroatoms. The number of esters is 1. The van der Waals surface area contributed by atoms with Crippen molar-refractivity contribution in [2.45, 2.75) is 51.9 Å². The van der Waals surface area contributed by atoms with Crippen molar-refractivity contribution in [1.29, 1.82) is 0 Å². The number of aliphatic hydroxyl groups is 1. The minimum atomic E-state index is -1.54. The Morgan fingerprint density at radius 3 is 2.68 bits per heavy atom. The van der Waals surface area contributed by atoms with Gasteiger partial charge in [-0.1, -0.05) is 13.8 Å². The van der Waals surface area contributed by atoms with Crippen molar-refractivity contribution in [3.05, 3.63) is 62.4 Å². The van der Waals surface area contributed by atoms with Crippen LogP contribution in [0.2, 0.25) is 0 Å². The van der Waals surface area contributed by atoms with Crippen LogP contribution in [0.1, 0.15) is 48.9 Å². The van der Waals surface area contributed by atoms with Crippen LogP contribution in [0.3, 0.4) is 0 Å². The minimum absolute atomic E-state index is 0.174. The third-order valence-corrected chi connectivity index (χ3v) is 6.43. The summed E-state index contributed by atoms with van der Waals surface area (Å²) in [5, 5.41) is 11.4. The number of carbonyl (C=O) groups is 1. The van der Waals surface area contributed by atoms with Crippen molar-refractivity contribution in [3.8, 4) is 11.4 Å². The van der Waals surface area contributed by atoms with Gasteiger partial charge < -0.3 is 14.4 Å². The van der Waals surface area contributed by atoms with Gasteiger partial charge in [-0.15, -0.1) is 0 Å². The third kappa shape index (κ3) is 2.74. The van der Waals surface area contributed by atoms with Crippen molar-refractivity contribution in [3.63, 3.8) is 0 Å². The number of hydrogen-bond donors (Lipinski definition) is 1. The zero-order chi connectivity index (χ0) is 22.1. The summed E-state index contributed by atoms with van der Waals surface area (Å²) in [4.78, 5) is 29.9. The smallest absolute Gasteiger partial charge is 0.309 e. The molecule has 2 aromatic heterocycles. The SMILES string of the molecule is CCc1c2c(nc3cc(F)cc(F)c13)-c1cc3c(c(=O)n1C2)COC(=O)C[C@]3(O)CC. The van der Waals surface area contributed by atoms with E-state index in [2.05, 4.69) is 4.98 Å². The molecule has 0 unspecified atom stereocenters. The first kappa shape index (κ1) is 19.8. The lowest BCUT2D eigenvalue weighted by atomic mass is 9.85. The van der Waals surface area contributed by atoms with E-state index in [1.807, 2.05) is 6.92 Å². The number of rotatable bonds is 2. The monoisotopic (exact) mass is 426 g/mol. The highest BCUT2D eigenvalue weighted by atomic mass is 19.1. The molecule has 0 saturated heterocycles. The average Bonchev–Trinajstić information content (AvgIpc) is 3.03. The van der Waals surface area contributed by atoms with Crippen LogP contribution in [0.15, 0.2) is 23.0 Å². The van der Waals surface area contributed by atoms with E-state index >= 15 is 0 Å². The lowest BCUT2D eigenvalue weighted by Gasteiger charge is -2.26. The van der Waals surface area contributed by atoms with Crippen LogP contribution in [0.4, 0.5) is 8.78 Å². The molecule has 0 bridgehead atoms. The van der Waals surface area contributed by atoms with Gasteiger partial charge in [0.15, 0.2) is 0 Å². The van der Waals surface area contributed by atoms with Gasteiger partial charge in [-0.3, -0.25) is 9.59 Å². The Hall–Kier alpha value is -3.13. The molecule has 2 aliphatic rings. The number of benzene rings is 1. The summed E-state index contributed by atoms with van der Waals surface area (Å²) in [5.41, 5.74) is 1.12. The number of hydrogen-bond acceptors (Lipinski definition) is 5. The van der Waals surface area contributed by atoms with E-state index in [9.17, 15) is 23.5 Å². The molecular formula is C23H20F2N2O4. The van der Waals surface area contributed by atoms with Gasteiger partial charge >= 0.3 is 5.97 Å². The zero-order valence-electron chi connectivity index (χ0n) is 17.1. The lowest BCUT2D eigenvalue weighted by Crippen LogP contribution is -2.32. The number of cyclic esters (lactones) is 1. The highest BCUT2D eigenvalue weighted by molar-refractivity contribution is 5.88. The van der Waals surface area contributed by atoms with Crippen LogP contribution < -0.4 is 5.56 Å². The molecule has 1 N–H and O–H groups in total. The Bertz CT molecular complexity index is 1350. The Balaban J connectivity index is 1.84. The highest BCUT2D eigenvalue weighted by Crippen LogP contribution is 2.40. The molecule has 1 atom stereocenters. The summed E-state index contributed by atoms with van der Waals surface area (Å²) in [7, 11) is 0. The van der Waals surface area contributed by atoms with Gasteiger partial charge in [0.25, 0.3) is 5.56 Å². The maximum atomic E-state index is 14.6. The zero-order valence-corrected chi connectivity index (χ0v) is 17.1. The van der Waals surface area contributed by atoms with Crippen LogP contribution >= 0.6 is 0 Å². The second kappa shape index (κ2) is 6.68. The van der Waals surface area contributed by atoms with Gasteiger partial charge in [0.1, 0.15) is 23.8 Å². The van der Waals surface area contributed by atoms with Crippen molar-refractivity contribution in [2.24, 2.45) is 0 Å². The summed E-state index contributed by atoms with van der Waals surface area (Å²) >= 11 is 0. The van der Waals surface area contributed by atoms with E-state index in [0.29, 0.717) is 34.5 Å². The lowest BCUT2D eigenvalue weighted by molar-refractivity contribution is -0.149. The van der Waals surface area contributed by atoms with Crippen molar-refractivity contribution in [2.75, 3.05) is 0 Å². The van der Waals surface area contributed by atoms with E-state index in [1.54, 1.807) is 13.0 Å². The fraction of sp³-hybridized carbons (Fsp3) is 0.348. The molecule has 2 aliphatic heterocycles. The summed E-state index contributed by atoms with van der Waals surface area (Å²) in [6, 6.07) is 3.68. The molecule has 0 saturated carbocycles. The third-order valence-electron chi connectivity index (χ3n) is 6.43. The van der Waals surface area contributed by atoms with Crippen molar-refractivity contribution in [1.82, 2.24) is 9.55 Å². The molecule has 0 aliphatic carbocycles. The van der Waals surface area contributed by atoms with Crippen LogP contribution in [0.5, 0.6) is 0 Å². The number of ether oxygens (including phenoxy) is 1. The summed E-state index contributed by atoms with van der Waals surface area (Å²) in [6.45, 7) is 3.56. The number of nitrogens with zero attached hydrogens (tertiary/aromatic N) is 2. The average molecular weight is 426 g/mol. The van der Waals surface area contributed by atoms with Crippen LogP contribution in [0, 0.1) is 11.6 Å². The first-order chi connectivity index (χ1) is 14.8. The van der Waals surface area contributed by atoms with Crippen LogP contribution in [-0.2, 0) is 34.7 Å². The molecule has 5 rings (SSSR count). The molecule has 0 fully saturated rings. The van der Waals surface area contributed by atoms with E-state index in [0.717, 1.165) is 6.07 Å². The quantitative estimate of drug-likeness (QED) is 0.498.